The van der Waals surface area contributed by atoms with Crippen LogP contribution in [0, 0.1) is 0 Å². The predicted molar refractivity (Wildman–Crippen MR) is 171 cm³/mol. The van der Waals surface area contributed by atoms with Crippen LogP contribution in [0.4, 0.5) is 0 Å². The van der Waals surface area contributed by atoms with Gasteiger partial charge in [0, 0.05) is 39.0 Å². The van der Waals surface area contributed by atoms with Gasteiger partial charge in [0.15, 0.2) is 0 Å². The molecule has 0 saturated carbocycles. The van der Waals surface area contributed by atoms with Crippen molar-refractivity contribution in [3.63, 3.8) is 0 Å². The molecule has 0 atom stereocenters. The first-order valence-corrected chi connectivity index (χ1v) is 17.3. The number of unbranched alkanes of at least 4 members (excludes halogenated alkanes) is 17. The summed E-state index contributed by atoms with van der Waals surface area (Å²) in [7, 11) is 0. The zero-order chi connectivity index (χ0) is 31.3. The summed E-state index contributed by atoms with van der Waals surface area (Å²) in [6.45, 7) is 5.76. The average Bonchev–Trinajstić information content (AvgIpc) is 2.95. The SMILES string of the molecule is CCCCCCCCCCCC(=O)N(CCCCN(CCC(=O)O)C(=O)CCCCCCCCCCC)CCC(=O)O. The van der Waals surface area contributed by atoms with E-state index in [0.29, 0.717) is 38.8 Å². The van der Waals surface area contributed by atoms with Gasteiger partial charge in [0.2, 0.25) is 11.8 Å². The fourth-order valence-electron chi connectivity index (χ4n) is 5.28. The molecule has 0 unspecified atom stereocenters. The molecule has 8 heteroatoms. The van der Waals surface area contributed by atoms with Crippen molar-refractivity contribution < 1.29 is 29.4 Å². The Morgan fingerprint density at radius 1 is 0.381 bits per heavy atom. The third kappa shape index (κ3) is 25.6. The minimum Gasteiger partial charge on any atom is -0.481 e. The van der Waals surface area contributed by atoms with Gasteiger partial charge in [0.1, 0.15) is 0 Å². The molecule has 0 aromatic carbocycles. The number of hydrogen-bond acceptors (Lipinski definition) is 4. The van der Waals surface area contributed by atoms with Crippen molar-refractivity contribution in [1.29, 1.82) is 0 Å². The number of rotatable bonds is 31. The molecule has 0 bridgehead atoms. The van der Waals surface area contributed by atoms with Crippen LogP contribution in [-0.4, -0.2) is 69.9 Å². The van der Waals surface area contributed by atoms with Gasteiger partial charge in [-0.3, -0.25) is 19.2 Å². The summed E-state index contributed by atoms with van der Waals surface area (Å²) in [5, 5.41) is 18.3. The zero-order valence-corrected chi connectivity index (χ0v) is 27.2. The lowest BCUT2D eigenvalue weighted by Gasteiger charge is -2.25. The van der Waals surface area contributed by atoms with Gasteiger partial charge in [0.25, 0.3) is 0 Å². The van der Waals surface area contributed by atoms with E-state index >= 15 is 0 Å². The summed E-state index contributed by atoms with van der Waals surface area (Å²) in [4.78, 5) is 51.3. The van der Waals surface area contributed by atoms with Crippen LogP contribution in [0.1, 0.15) is 168 Å². The van der Waals surface area contributed by atoms with Gasteiger partial charge in [-0.1, -0.05) is 117 Å². The van der Waals surface area contributed by atoms with E-state index in [9.17, 15) is 19.2 Å². The normalized spacial score (nSPS) is 11.0. The number of amides is 2. The molecule has 0 aliphatic rings. The van der Waals surface area contributed by atoms with Gasteiger partial charge < -0.3 is 20.0 Å². The first-order valence-electron chi connectivity index (χ1n) is 17.3. The van der Waals surface area contributed by atoms with Gasteiger partial charge in [-0.05, 0) is 25.7 Å². The summed E-state index contributed by atoms with van der Waals surface area (Å²) in [5.41, 5.74) is 0. The fraction of sp³-hybridized carbons (Fsp3) is 0.882. The number of hydrogen-bond donors (Lipinski definition) is 2. The smallest absolute Gasteiger partial charge is 0.305 e. The van der Waals surface area contributed by atoms with Gasteiger partial charge in [-0.25, -0.2) is 0 Å². The van der Waals surface area contributed by atoms with E-state index in [1.54, 1.807) is 9.80 Å². The topological polar surface area (TPSA) is 115 Å². The van der Waals surface area contributed by atoms with Gasteiger partial charge in [-0.2, -0.15) is 0 Å². The highest BCUT2D eigenvalue weighted by Crippen LogP contribution is 2.14. The summed E-state index contributed by atoms with van der Waals surface area (Å²) in [6, 6.07) is 0. The lowest BCUT2D eigenvalue weighted by Crippen LogP contribution is -2.36. The van der Waals surface area contributed by atoms with E-state index in [1.165, 1.54) is 77.0 Å². The molecule has 0 aromatic heterocycles. The van der Waals surface area contributed by atoms with Crippen molar-refractivity contribution in [3.8, 4) is 0 Å². The number of carboxylic acid groups (broad SMARTS) is 2. The lowest BCUT2D eigenvalue weighted by atomic mass is 10.1. The van der Waals surface area contributed by atoms with Crippen LogP contribution in [0.15, 0.2) is 0 Å². The average molecular weight is 597 g/mol. The predicted octanol–water partition coefficient (Wildman–Crippen LogP) is 8.22. The molecule has 0 fully saturated rings. The Morgan fingerprint density at radius 2 is 0.667 bits per heavy atom. The summed E-state index contributed by atoms with van der Waals surface area (Å²) in [6.07, 6.45) is 23.2. The largest absolute Gasteiger partial charge is 0.481 e. The van der Waals surface area contributed by atoms with E-state index < -0.39 is 11.9 Å². The quantitative estimate of drug-likeness (QED) is 0.0779. The van der Waals surface area contributed by atoms with Crippen molar-refractivity contribution in [2.24, 2.45) is 0 Å². The number of nitrogens with zero attached hydrogens (tertiary/aromatic N) is 2. The van der Waals surface area contributed by atoms with Crippen LogP contribution in [0.3, 0.4) is 0 Å². The molecule has 0 heterocycles. The molecular formula is C34H64N2O6. The molecule has 8 nitrogen and oxygen atoms in total. The summed E-state index contributed by atoms with van der Waals surface area (Å²) >= 11 is 0. The minimum atomic E-state index is -0.919. The van der Waals surface area contributed by atoms with Crippen LogP contribution >= 0.6 is 0 Å². The molecule has 0 aliphatic heterocycles. The monoisotopic (exact) mass is 596 g/mol. The second-order valence-corrected chi connectivity index (χ2v) is 11.9. The molecule has 2 N–H and O–H groups in total. The maximum absolute atomic E-state index is 12.8. The van der Waals surface area contributed by atoms with Gasteiger partial charge in [-0.15, -0.1) is 0 Å². The number of carbonyl (C=O) groups excluding carboxylic acids is 2. The number of carbonyl (C=O) groups is 4. The zero-order valence-electron chi connectivity index (χ0n) is 27.2. The standard InChI is InChI=1S/C34H64N2O6/c1-3-5-7-9-11-13-15-17-19-23-31(37)35(29-25-33(39)40)27-21-22-28-36(30-26-34(41)42)32(38)24-20-18-16-14-12-10-8-6-4-2/h3-30H2,1-2H3,(H,39,40)(H,41,42). The second-order valence-electron chi connectivity index (χ2n) is 11.9. The van der Waals surface area contributed by atoms with Crippen molar-refractivity contribution in [2.45, 2.75) is 168 Å². The lowest BCUT2D eigenvalue weighted by molar-refractivity contribution is -0.140. The van der Waals surface area contributed by atoms with Crippen LogP contribution in [0.2, 0.25) is 0 Å². The van der Waals surface area contributed by atoms with Crippen molar-refractivity contribution in [2.75, 3.05) is 26.2 Å². The summed E-state index contributed by atoms with van der Waals surface area (Å²) in [5.74, 6) is -1.83. The molecular weight excluding hydrogens is 532 g/mol. The molecule has 0 saturated heterocycles. The molecule has 0 radical (unpaired) electrons. The van der Waals surface area contributed by atoms with Crippen LogP contribution in [0.25, 0.3) is 0 Å². The maximum atomic E-state index is 12.8. The third-order valence-electron chi connectivity index (χ3n) is 7.99. The summed E-state index contributed by atoms with van der Waals surface area (Å²) < 4.78 is 0. The molecule has 0 rings (SSSR count). The van der Waals surface area contributed by atoms with Crippen molar-refractivity contribution in [3.05, 3.63) is 0 Å². The van der Waals surface area contributed by atoms with E-state index in [2.05, 4.69) is 13.8 Å². The molecule has 0 spiro atoms. The first-order chi connectivity index (χ1) is 20.3. The van der Waals surface area contributed by atoms with Crippen LogP contribution in [0.5, 0.6) is 0 Å². The fourth-order valence-corrected chi connectivity index (χ4v) is 5.28. The molecule has 42 heavy (non-hydrogen) atoms. The maximum Gasteiger partial charge on any atom is 0.305 e. The Morgan fingerprint density at radius 3 is 0.952 bits per heavy atom. The third-order valence-corrected chi connectivity index (χ3v) is 7.99. The van der Waals surface area contributed by atoms with Crippen molar-refractivity contribution >= 4 is 23.8 Å². The Labute approximate surface area is 257 Å². The van der Waals surface area contributed by atoms with Crippen molar-refractivity contribution in [1.82, 2.24) is 9.80 Å². The number of carboxylic acids is 2. The second kappa shape index (κ2) is 29.0. The molecule has 246 valence electrons. The highest BCUT2D eigenvalue weighted by atomic mass is 16.4. The molecule has 2 amide bonds. The Hall–Kier alpha value is -2.12. The number of aliphatic carboxylic acids is 2. The van der Waals surface area contributed by atoms with E-state index in [4.69, 9.17) is 10.2 Å². The highest BCUT2D eigenvalue weighted by molar-refractivity contribution is 5.77. The molecule has 0 aliphatic carbocycles. The van der Waals surface area contributed by atoms with Gasteiger partial charge in [0.05, 0.1) is 12.8 Å². The molecule has 0 aromatic rings. The van der Waals surface area contributed by atoms with E-state index in [1.807, 2.05) is 0 Å². The Kier molecular flexibility index (Phi) is 27.5. The Balaban J connectivity index is 4.47. The highest BCUT2D eigenvalue weighted by Gasteiger charge is 2.17. The van der Waals surface area contributed by atoms with E-state index in [0.717, 1.165) is 38.5 Å². The van der Waals surface area contributed by atoms with Crippen LogP contribution < -0.4 is 0 Å². The minimum absolute atomic E-state index is 0.00312. The van der Waals surface area contributed by atoms with Gasteiger partial charge >= 0.3 is 11.9 Å². The Bertz CT molecular complexity index is 642. The van der Waals surface area contributed by atoms with Crippen LogP contribution in [-0.2, 0) is 19.2 Å². The van der Waals surface area contributed by atoms with E-state index in [-0.39, 0.29) is 37.7 Å². The first kappa shape index (κ1) is 39.9.